The smallest absolute Gasteiger partial charge is 0.456 e. The Morgan fingerprint density at radius 3 is 2.14 bits per heavy atom. The summed E-state index contributed by atoms with van der Waals surface area (Å²) in [6, 6.07) is 3.95. The number of rotatable bonds is 5. The number of amides is 1. The third-order valence-corrected chi connectivity index (χ3v) is 9.64. The third-order valence-electron chi connectivity index (χ3n) is 5.69. The van der Waals surface area contributed by atoms with Crippen molar-refractivity contribution in [3.05, 3.63) is 28.4 Å². The number of likely N-dealkylation sites (tertiary alicyclic amines) is 1. The summed E-state index contributed by atoms with van der Waals surface area (Å²) in [5, 5.41) is 0. The Kier molecular flexibility index (Phi) is 9.07. The lowest BCUT2D eigenvalue weighted by Crippen LogP contribution is -3.16. The Balaban J connectivity index is 2.01. The maximum Gasteiger partial charge on any atom is 0.514 e. The molecule has 162 valence electrons. The Morgan fingerprint density at radius 2 is 1.59 bits per heavy atom. The van der Waals surface area contributed by atoms with E-state index in [0.717, 1.165) is 34.9 Å². The van der Waals surface area contributed by atoms with Crippen LogP contribution < -0.4 is 4.90 Å². The molecule has 1 aliphatic rings. The van der Waals surface area contributed by atoms with Gasteiger partial charge in [0.05, 0.1) is 18.7 Å². The largest absolute Gasteiger partial charge is 0.514 e. The van der Waals surface area contributed by atoms with Gasteiger partial charge in [0.2, 0.25) is 0 Å². The van der Waals surface area contributed by atoms with Gasteiger partial charge in [0.15, 0.2) is 0 Å². The second kappa shape index (κ2) is 10.3. The number of hydrogen-bond acceptors (Lipinski definition) is 4. The van der Waals surface area contributed by atoms with E-state index in [4.69, 9.17) is 9.47 Å². The van der Waals surface area contributed by atoms with E-state index >= 15 is 0 Å². The van der Waals surface area contributed by atoms with Crippen molar-refractivity contribution < 1.29 is 24.0 Å². The predicted octanol–water partition coefficient (Wildman–Crippen LogP) is 5.06. The van der Waals surface area contributed by atoms with E-state index in [1.54, 1.807) is 0 Å². The van der Waals surface area contributed by atoms with E-state index in [2.05, 4.69) is 67.8 Å². The van der Waals surface area contributed by atoms with Crippen molar-refractivity contribution in [1.29, 1.82) is 0 Å². The Morgan fingerprint density at radius 1 is 1.03 bits per heavy atom. The number of ether oxygens (including phenoxy) is 2. The molecule has 0 radical (unpaired) electrons. The van der Waals surface area contributed by atoms with Crippen LogP contribution in [0.2, 0.25) is 0 Å². The molecular formula is C21H29I3NO4+. The molecule has 1 amide bonds. The molecule has 0 atom stereocenters. The van der Waals surface area contributed by atoms with Crippen molar-refractivity contribution in [3.8, 4) is 0 Å². The van der Waals surface area contributed by atoms with Gasteiger partial charge in [0.1, 0.15) is 11.2 Å². The lowest BCUT2D eigenvalue weighted by molar-refractivity contribution is -0.832. The quantitative estimate of drug-likeness (QED) is 0.261. The second-order valence-corrected chi connectivity index (χ2v) is 12.0. The first-order valence-electron chi connectivity index (χ1n) is 9.83. The van der Waals surface area contributed by atoms with Crippen molar-refractivity contribution in [2.45, 2.75) is 65.1 Å². The highest BCUT2D eigenvalue weighted by Gasteiger charge is 2.40. The van der Waals surface area contributed by atoms with Crippen molar-refractivity contribution in [2.75, 3.05) is 13.1 Å². The zero-order chi connectivity index (χ0) is 22.0. The lowest BCUT2D eigenvalue weighted by Gasteiger charge is -2.38. The first-order valence-corrected chi connectivity index (χ1v) is 13.1. The molecule has 1 N–H and O–H groups in total. The monoisotopic (exact) mass is 740 g/mol. The maximum absolute atomic E-state index is 12.9. The van der Waals surface area contributed by atoms with Crippen molar-refractivity contribution >= 4 is 79.8 Å². The highest BCUT2D eigenvalue weighted by molar-refractivity contribution is 14.1. The van der Waals surface area contributed by atoms with Crippen LogP contribution >= 0.6 is 67.8 Å². The Bertz CT molecular complexity index is 771. The number of halogens is 3. The molecule has 0 unspecified atom stereocenters. The van der Waals surface area contributed by atoms with Gasteiger partial charge in [-0.15, -0.1) is 0 Å². The molecule has 1 aliphatic heterocycles. The summed E-state index contributed by atoms with van der Waals surface area (Å²) in [5.41, 5.74) is -0.389. The molecular weight excluding hydrogens is 711 g/mol. The van der Waals surface area contributed by atoms with Crippen LogP contribution in [0.4, 0.5) is 4.79 Å². The normalized spacial score (nSPS) is 20.3. The van der Waals surface area contributed by atoms with E-state index in [0.29, 0.717) is 18.7 Å². The van der Waals surface area contributed by atoms with E-state index in [9.17, 15) is 9.59 Å². The Labute approximate surface area is 214 Å². The zero-order valence-corrected chi connectivity index (χ0v) is 24.0. The first-order chi connectivity index (χ1) is 13.4. The van der Waals surface area contributed by atoms with Crippen LogP contribution in [0.25, 0.3) is 0 Å². The summed E-state index contributed by atoms with van der Waals surface area (Å²) in [7, 11) is 0. The van der Waals surface area contributed by atoms with Gasteiger partial charge in [0.25, 0.3) is 0 Å². The highest BCUT2D eigenvalue weighted by Crippen LogP contribution is 2.32. The summed E-state index contributed by atoms with van der Waals surface area (Å²) in [6.07, 6.45) is 2.25. The van der Waals surface area contributed by atoms with Gasteiger partial charge in [0, 0.05) is 29.5 Å². The summed E-state index contributed by atoms with van der Waals surface area (Å²) in [4.78, 5) is 26.2. The summed E-state index contributed by atoms with van der Waals surface area (Å²) in [5.74, 6) is -0.0681. The van der Waals surface area contributed by atoms with Crippen molar-refractivity contribution in [2.24, 2.45) is 5.92 Å². The molecule has 1 heterocycles. The molecule has 1 aromatic rings. The van der Waals surface area contributed by atoms with Crippen LogP contribution in [0.5, 0.6) is 0 Å². The molecule has 1 saturated heterocycles. The molecule has 8 heteroatoms. The zero-order valence-electron chi connectivity index (χ0n) is 17.5. The first kappa shape index (κ1) is 25.6. The minimum absolute atomic E-state index is 0.173. The number of esters is 1. The third kappa shape index (κ3) is 6.64. The molecule has 1 aromatic carbocycles. The van der Waals surface area contributed by atoms with Crippen LogP contribution in [0.1, 0.15) is 64.2 Å². The van der Waals surface area contributed by atoms with Crippen LogP contribution in [0, 0.1) is 16.6 Å². The molecule has 2 rings (SSSR count). The van der Waals surface area contributed by atoms with Gasteiger partial charge < -0.3 is 9.47 Å². The van der Waals surface area contributed by atoms with Crippen LogP contribution in [-0.4, -0.2) is 36.4 Å². The molecule has 0 aliphatic carbocycles. The van der Waals surface area contributed by atoms with Gasteiger partial charge in [-0.2, -0.15) is 4.79 Å². The van der Waals surface area contributed by atoms with E-state index < -0.39 is 11.2 Å². The standard InChI is InChI=1S/C21H28I3NO4/c1-6-20(2,3)29-19(27)25-11-9-13(10-12-25)21(4,5)28-18(26)16-14(22)7-8-15(23)17(16)24/h7-8,13H,6,9-12H2,1-5H3/p+1. The molecule has 0 aromatic heterocycles. The van der Waals surface area contributed by atoms with Crippen molar-refractivity contribution in [3.63, 3.8) is 0 Å². The Hall–Kier alpha value is 0.310. The minimum atomic E-state index is -0.595. The lowest BCUT2D eigenvalue weighted by atomic mass is 9.83. The fourth-order valence-corrected chi connectivity index (χ4v) is 5.67. The average molecular weight is 740 g/mol. The summed E-state index contributed by atoms with van der Waals surface area (Å²) in [6.45, 7) is 11.2. The number of nitrogens with one attached hydrogen (secondary N) is 1. The van der Waals surface area contributed by atoms with Crippen LogP contribution in [0.3, 0.4) is 0 Å². The van der Waals surface area contributed by atoms with Gasteiger partial charge in [-0.1, -0.05) is 6.92 Å². The number of quaternary nitrogens is 1. The van der Waals surface area contributed by atoms with E-state index in [1.807, 2.05) is 46.8 Å². The number of carbonyl (C=O) groups is 2. The minimum Gasteiger partial charge on any atom is -0.456 e. The molecule has 1 fully saturated rings. The number of alkyl carbamates (subject to hydrolysis) is 2. The fraction of sp³-hybridized carbons (Fsp3) is 0.619. The number of hydrogen-bond donors (Lipinski definition) is 1. The average Bonchev–Trinajstić information content (AvgIpc) is 2.64. The molecule has 0 saturated carbocycles. The maximum atomic E-state index is 12.9. The second-order valence-electron chi connectivity index (χ2n) is 8.59. The van der Waals surface area contributed by atoms with Gasteiger partial charge in [-0.3, -0.25) is 0 Å². The topological polar surface area (TPSA) is 57.0 Å². The summed E-state index contributed by atoms with van der Waals surface area (Å²) < 4.78 is 14.5. The van der Waals surface area contributed by atoms with Gasteiger partial charge in [-0.25, -0.2) is 9.69 Å². The fourth-order valence-electron chi connectivity index (χ4n) is 3.35. The molecule has 0 spiro atoms. The molecule has 5 nitrogen and oxygen atoms in total. The van der Waals surface area contributed by atoms with Crippen molar-refractivity contribution in [1.82, 2.24) is 0 Å². The SMILES string of the molecule is CCC(C)(C)OC(=O)[NH+]1CCC(C(C)(C)OC(=O)c2c(I)ccc(I)c2I)CC1. The molecule has 29 heavy (non-hydrogen) atoms. The van der Waals surface area contributed by atoms with Gasteiger partial charge in [-0.05, 0) is 114 Å². The number of benzene rings is 1. The van der Waals surface area contributed by atoms with E-state index in [-0.39, 0.29) is 18.0 Å². The number of carbonyl (C=O) groups excluding carboxylic acids is 2. The predicted molar refractivity (Wildman–Crippen MR) is 138 cm³/mol. The van der Waals surface area contributed by atoms with Crippen LogP contribution in [0.15, 0.2) is 12.1 Å². The van der Waals surface area contributed by atoms with E-state index in [1.165, 1.54) is 0 Å². The van der Waals surface area contributed by atoms with Crippen LogP contribution in [-0.2, 0) is 9.47 Å². The molecule has 0 bridgehead atoms. The number of piperidine rings is 1. The summed E-state index contributed by atoms with van der Waals surface area (Å²) >= 11 is 6.63. The van der Waals surface area contributed by atoms with Gasteiger partial charge >= 0.3 is 12.1 Å². The highest BCUT2D eigenvalue weighted by atomic mass is 127.